The molecular formula is C15H20ClN3O3S. The van der Waals surface area contributed by atoms with E-state index >= 15 is 0 Å². The fraction of sp³-hybridized carbons (Fsp3) is 0.533. The minimum atomic E-state index is -3.56. The number of halogens is 1. The summed E-state index contributed by atoms with van der Waals surface area (Å²) in [5, 5.41) is 3.59. The van der Waals surface area contributed by atoms with E-state index in [-0.39, 0.29) is 16.8 Å². The van der Waals surface area contributed by atoms with Gasteiger partial charge in [0.1, 0.15) is 0 Å². The predicted octanol–water partition coefficient (Wildman–Crippen LogP) is 0.925. The molecule has 2 heterocycles. The molecule has 8 heteroatoms. The van der Waals surface area contributed by atoms with Crippen LogP contribution in [-0.2, 0) is 14.8 Å². The van der Waals surface area contributed by atoms with Crippen LogP contribution >= 0.6 is 11.6 Å². The lowest BCUT2D eigenvalue weighted by Gasteiger charge is -2.35. The van der Waals surface area contributed by atoms with Crippen LogP contribution in [0.4, 0.5) is 0 Å². The Hall–Kier alpha value is -1.15. The maximum absolute atomic E-state index is 12.6. The molecule has 1 unspecified atom stereocenters. The average Bonchev–Trinajstić information content (AvgIpc) is 3.09. The van der Waals surface area contributed by atoms with Crippen molar-refractivity contribution in [1.29, 1.82) is 0 Å². The highest BCUT2D eigenvalue weighted by Gasteiger charge is 2.33. The van der Waals surface area contributed by atoms with Crippen LogP contribution in [0.5, 0.6) is 0 Å². The van der Waals surface area contributed by atoms with Gasteiger partial charge in [-0.05, 0) is 37.6 Å². The van der Waals surface area contributed by atoms with E-state index in [9.17, 15) is 13.2 Å². The summed E-state index contributed by atoms with van der Waals surface area (Å²) in [6.07, 6.45) is 1.87. The summed E-state index contributed by atoms with van der Waals surface area (Å²) in [6.45, 7) is 2.35. The van der Waals surface area contributed by atoms with Crippen LogP contribution in [0.1, 0.15) is 12.8 Å². The van der Waals surface area contributed by atoms with E-state index < -0.39 is 10.0 Å². The number of carbonyl (C=O) groups is 1. The highest BCUT2D eigenvalue weighted by Crippen LogP contribution is 2.21. The number of nitrogens with one attached hydrogen (secondary N) is 1. The minimum Gasteiger partial charge on any atom is -0.339 e. The molecule has 1 N–H and O–H groups in total. The molecule has 2 saturated heterocycles. The zero-order valence-electron chi connectivity index (χ0n) is 12.7. The Morgan fingerprint density at radius 1 is 1.22 bits per heavy atom. The van der Waals surface area contributed by atoms with E-state index in [0.29, 0.717) is 31.2 Å². The van der Waals surface area contributed by atoms with Crippen LogP contribution in [-0.4, -0.2) is 62.3 Å². The first-order chi connectivity index (χ1) is 11.0. The lowest BCUT2D eigenvalue weighted by molar-refractivity contribution is -0.134. The van der Waals surface area contributed by atoms with Gasteiger partial charge in [-0.15, -0.1) is 0 Å². The molecule has 0 aromatic heterocycles. The summed E-state index contributed by atoms with van der Waals surface area (Å²) < 4.78 is 26.7. The molecule has 1 atom stereocenters. The number of nitrogens with zero attached hydrogens (tertiary/aromatic N) is 2. The molecule has 126 valence electrons. The fourth-order valence-electron chi connectivity index (χ4n) is 3.04. The fourth-order valence-corrected chi connectivity index (χ4v) is 4.76. The standard InChI is InChI=1S/C15H20ClN3O3S/c16-12-3-1-4-13(11-12)23(21,22)19-9-7-18(8-10-19)15(20)14-5-2-6-17-14/h1,3-4,11,14,17H,2,5-10H2. The minimum absolute atomic E-state index is 0.0855. The number of hydrogen-bond acceptors (Lipinski definition) is 4. The summed E-state index contributed by atoms with van der Waals surface area (Å²) in [4.78, 5) is 14.3. The van der Waals surface area contributed by atoms with Crippen molar-refractivity contribution in [3.8, 4) is 0 Å². The molecule has 3 rings (SSSR count). The van der Waals surface area contributed by atoms with E-state index in [4.69, 9.17) is 11.6 Å². The molecule has 1 aromatic carbocycles. The third-order valence-electron chi connectivity index (χ3n) is 4.34. The molecule has 0 saturated carbocycles. The first-order valence-electron chi connectivity index (χ1n) is 7.76. The number of rotatable bonds is 3. The molecule has 0 bridgehead atoms. The first-order valence-corrected chi connectivity index (χ1v) is 9.58. The quantitative estimate of drug-likeness (QED) is 0.873. The Bertz CT molecular complexity index is 681. The van der Waals surface area contributed by atoms with E-state index in [1.165, 1.54) is 10.4 Å². The summed E-state index contributed by atoms with van der Waals surface area (Å²) >= 11 is 5.88. The summed E-state index contributed by atoms with van der Waals surface area (Å²) in [5.41, 5.74) is 0. The lowest BCUT2D eigenvalue weighted by atomic mass is 10.2. The molecule has 1 aromatic rings. The van der Waals surface area contributed by atoms with Crippen LogP contribution in [0.25, 0.3) is 0 Å². The number of piperazine rings is 1. The van der Waals surface area contributed by atoms with Gasteiger partial charge < -0.3 is 10.2 Å². The smallest absolute Gasteiger partial charge is 0.243 e. The summed E-state index contributed by atoms with van der Waals surface area (Å²) in [7, 11) is -3.56. The van der Waals surface area contributed by atoms with Gasteiger partial charge in [0.15, 0.2) is 0 Å². The van der Waals surface area contributed by atoms with Crippen molar-refractivity contribution in [3.63, 3.8) is 0 Å². The number of benzene rings is 1. The van der Waals surface area contributed by atoms with Gasteiger partial charge in [-0.1, -0.05) is 17.7 Å². The molecule has 2 aliphatic heterocycles. The molecule has 2 fully saturated rings. The second kappa shape index (κ2) is 6.76. The second-order valence-electron chi connectivity index (χ2n) is 5.84. The van der Waals surface area contributed by atoms with Gasteiger partial charge in [0.2, 0.25) is 15.9 Å². The van der Waals surface area contributed by atoms with E-state index in [1.54, 1.807) is 23.1 Å². The zero-order chi connectivity index (χ0) is 16.4. The zero-order valence-corrected chi connectivity index (χ0v) is 14.3. The SMILES string of the molecule is O=C(C1CCCN1)N1CCN(S(=O)(=O)c2cccc(Cl)c2)CC1. The van der Waals surface area contributed by atoms with Crippen molar-refractivity contribution in [2.75, 3.05) is 32.7 Å². The van der Waals surface area contributed by atoms with Gasteiger partial charge >= 0.3 is 0 Å². The van der Waals surface area contributed by atoms with Gasteiger partial charge in [-0.2, -0.15) is 4.31 Å². The average molecular weight is 358 g/mol. The van der Waals surface area contributed by atoms with Gasteiger partial charge in [0, 0.05) is 31.2 Å². The van der Waals surface area contributed by atoms with Gasteiger partial charge in [-0.25, -0.2) is 8.42 Å². The van der Waals surface area contributed by atoms with Crippen molar-refractivity contribution in [1.82, 2.24) is 14.5 Å². The normalized spacial score (nSPS) is 23.2. The summed E-state index contributed by atoms with van der Waals surface area (Å²) in [6, 6.07) is 6.16. The highest BCUT2D eigenvalue weighted by atomic mass is 35.5. The molecule has 0 aliphatic carbocycles. The number of sulfonamides is 1. The highest BCUT2D eigenvalue weighted by molar-refractivity contribution is 7.89. The van der Waals surface area contributed by atoms with Crippen LogP contribution in [0.15, 0.2) is 29.2 Å². The maximum Gasteiger partial charge on any atom is 0.243 e. The Morgan fingerprint density at radius 3 is 2.57 bits per heavy atom. The van der Waals surface area contributed by atoms with E-state index in [1.807, 2.05) is 0 Å². The molecule has 0 spiro atoms. The Labute approximate surface area is 141 Å². The number of hydrogen-bond donors (Lipinski definition) is 1. The maximum atomic E-state index is 12.6. The first kappa shape index (κ1) is 16.7. The van der Waals surface area contributed by atoms with Crippen LogP contribution in [0.3, 0.4) is 0 Å². The molecule has 2 aliphatic rings. The van der Waals surface area contributed by atoms with Crippen molar-refractivity contribution in [2.24, 2.45) is 0 Å². The topological polar surface area (TPSA) is 69.7 Å². The molecular weight excluding hydrogens is 338 g/mol. The van der Waals surface area contributed by atoms with Crippen molar-refractivity contribution in [2.45, 2.75) is 23.8 Å². The van der Waals surface area contributed by atoms with E-state index in [0.717, 1.165) is 19.4 Å². The van der Waals surface area contributed by atoms with E-state index in [2.05, 4.69) is 5.32 Å². The summed E-state index contributed by atoms with van der Waals surface area (Å²) in [5.74, 6) is 0.0855. The van der Waals surface area contributed by atoms with Crippen molar-refractivity contribution < 1.29 is 13.2 Å². The van der Waals surface area contributed by atoms with Crippen LogP contribution in [0, 0.1) is 0 Å². The Kier molecular flexibility index (Phi) is 4.91. The number of amides is 1. The van der Waals surface area contributed by atoms with Crippen LogP contribution < -0.4 is 5.32 Å². The molecule has 1 amide bonds. The van der Waals surface area contributed by atoms with Crippen LogP contribution in [0.2, 0.25) is 5.02 Å². The van der Waals surface area contributed by atoms with Gasteiger partial charge in [0.25, 0.3) is 0 Å². The van der Waals surface area contributed by atoms with Gasteiger partial charge in [-0.3, -0.25) is 4.79 Å². The van der Waals surface area contributed by atoms with Crippen molar-refractivity contribution in [3.05, 3.63) is 29.3 Å². The Morgan fingerprint density at radius 2 is 1.96 bits per heavy atom. The third-order valence-corrected chi connectivity index (χ3v) is 6.47. The third kappa shape index (κ3) is 3.52. The predicted molar refractivity (Wildman–Crippen MR) is 87.8 cm³/mol. The monoisotopic (exact) mass is 357 g/mol. The van der Waals surface area contributed by atoms with Crippen molar-refractivity contribution >= 4 is 27.5 Å². The molecule has 6 nitrogen and oxygen atoms in total. The molecule has 0 radical (unpaired) electrons. The second-order valence-corrected chi connectivity index (χ2v) is 8.21. The Balaban J connectivity index is 1.65. The van der Waals surface area contributed by atoms with Gasteiger partial charge in [0.05, 0.1) is 10.9 Å². The lowest BCUT2D eigenvalue weighted by Crippen LogP contribution is -2.54. The number of carbonyl (C=O) groups excluding carboxylic acids is 1. The molecule has 23 heavy (non-hydrogen) atoms. The largest absolute Gasteiger partial charge is 0.339 e.